The van der Waals surface area contributed by atoms with Crippen molar-refractivity contribution >= 4 is 5.71 Å². The van der Waals surface area contributed by atoms with Crippen LogP contribution in [0.4, 0.5) is 0 Å². The zero-order valence-electron chi connectivity index (χ0n) is 10.2. The molecule has 0 saturated heterocycles. The van der Waals surface area contributed by atoms with Crippen molar-refractivity contribution in [3.05, 3.63) is 59.2 Å². The van der Waals surface area contributed by atoms with Crippen LogP contribution in [0.15, 0.2) is 47.5 Å². The molecule has 2 aromatic rings. The van der Waals surface area contributed by atoms with Gasteiger partial charge in [0, 0.05) is 24.7 Å². The molecule has 0 spiro atoms. The Morgan fingerprint density at radius 1 is 0.941 bits per heavy atom. The molecule has 0 radical (unpaired) electrons. The van der Waals surface area contributed by atoms with Gasteiger partial charge >= 0.3 is 0 Å². The highest BCUT2D eigenvalue weighted by Crippen LogP contribution is 2.33. The third kappa shape index (κ3) is 1.59. The predicted octanol–water partition coefficient (Wildman–Crippen LogP) is 3.64. The quantitative estimate of drug-likeness (QED) is 0.644. The maximum Gasteiger partial charge on any atom is 0.0467 e. The fraction of sp³-hybridized carbons (Fsp3) is 0.188. The van der Waals surface area contributed by atoms with E-state index in [1.54, 1.807) is 0 Å². The molecule has 0 saturated carbocycles. The lowest BCUT2D eigenvalue weighted by molar-refractivity contribution is 1.24. The van der Waals surface area contributed by atoms with Gasteiger partial charge in [-0.2, -0.15) is 0 Å². The minimum atomic E-state index is 0.948. The van der Waals surface area contributed by atoms with Gasteiger partial charge in [-0.15, -0.1) is 0 Å². The Hall–Kier alpha value is -1.89. The SMILES string of the molecule is C/N=C1/Cc2ccccc2-c2ccc(C)cc21. The molecule has 17 heavy (non-hydrogen) atoms. The number of hydrogen-bond donors (Lipinski definition) is 0. The first-order valence-corrected chi connectivity index (χ1v) is 5.94. The third-order valence-corrected chi connectivity index (χ3v) is 3.42. The summed E-state index contributed by atoms with van der Waals surface area (Å²) in [5, 5.41) is 0. The second-order valence-electron chi connectivity index (χ2n) is 4.55. The Morgan fingerprint density at radius 3 is 2.59 bits per heavy atom. The van der Waals surface area contributed by atoms with E-state index in [-0.39, 0.29) is 0 Å². The number of nitrogens with zero attached hydrogens (tertiary/aromatic N) is 1. The van der Waals surface area contributed by atoms with Gasteiger partial charge in [0.05, 0.1) is 0 Å². The molecule has 0 unspecified atom stereocenters. The molecular weight excluding hydrogens is 206 g/mol. The van der Waals surface area contributed by atoms with E-state index in [0.29, 0.717) is 0 Å². The zero-order valence-corrected chi connectivity index (χ0v) is 10.2. The van der Waals surface area contributed by atoms with E-state index in [1.165, 1.54) is 33.5 Å². The molecule has 0 aliphatic heterocycles. The summed E-state index contributed by atoms with van der Waals surface area (Å²) in [5.74, 6) is 0. The van der Waals surface area contributed by atoms with Gasteiger partial charge < -0.3 is 0 Å². The van der Waals surface area contributed by atoms with E-state index in [0.717, 1.165) is 6.42 Å². The molecule has 2 aromatic carbocycles. The fourth-order valence-electron chi connectivity index (χ4n) is 2.54. The van der Waals surface area contributed by atoms with Crippen molar-refractivity contribution in [1.29, 1.82) is 0 Å². The van der Waals surface area contributed by atoms with Crippen LogP contribution < -0.4 is 0 Å². The van der Waals surface area contributed by atoms with Gasteiger partial charge in [-0.1, -0.05) is 42.0 Å². The summed E-state index contributed by atoms with van der Waals surface area (Å²) in [6, 6.07) is 15.2. The van der Waals surface area contributed by atoms with Crippen LogP contribution in [-0.4, -0.2) is 12.8 Å². The molecule has 0 fully saturated rings. The second kappa shape index (κ2) is 3.85. The molecule has 0 bridgehead atoms. The van der Waals surface area contributed by atoms with E-state index in [1.807, 2.05) is 7.05 Å². The van der Waals surface area contributed by atoms with Crippen molar-refractivity contribution in [3.63, 3.8) is 0 Å². The lowest BCUT2D eigenvalue weighted by atomic mass is 9.83. The lowest BCUT2D eigenvalue weighted by Crippen LogP contribution is -2.13. The Labute approximate surface area is 102 Å². The first kappa shape index (κ1) is 10.3. The van der Waals surface area contributed by atoms with Crippen molar-refractivity contribution in [1.82, 2.24) is 0 Å². The highest BCUT2D eigenvalue weighted by Gasteiger charge is 2.19. The number of aliphatic imine (C=N–C) groups is 1. The Morgan fingerprint density at radius 2 is 1.76 bits per heavy atom. The zero-order chi connectivity index (χ0) is 11.8. The minimum Gasteiger partial charge on any atom is -0.292 e. The molecule has 0 N–H and O–H groups in total. The molecule has 1 aliphatic rings. The van der Waals surface area contributed by atoms with Crippen molar-refractivity contribution < 1.29 is 0 Å². The van der Waals surface area contributed by atoms with E-state index in [2.05, 4.69) is 54.4 Å². The summed E-state index contributed by atoms with van der Waals surface area (Å²) in [6.45, 7) is 2.13. The standard InChI is InChI=1S/C16H15N/c1-11-7-8-14-13-6-4-3-5-12(13)10-16(17-2)15(14)9-11/h3-9H,10H2,1-2H3/b17-16-. The number of aryl methyl sites for hydroxylation is 1. The third-order valence-electron chi connectivity index (χ3n) is 3.42. The van der Waals surface area contributed by atoms with Crippen LogP contribution in [-0.2, 0) is 6.42 Å². The highest BCUT2D eigenvalue weighted by molar-refractivity contribution is 6.10. The molecule has 0 aromatic heterocycles. The normalized spacial score (nSPS) is 15.5. The molecule has 1 aliphatic carbocycles. The summed E-state index contributed by atoms with van der Waals surface area (Å²) < 4.78 is 0. The topological polar surface area (TPSA) is 12.4 Å². The summed E-state index contributed by atoms with van der Waals surface area (Å²) in [6.07, 6.45) is 0.948. The van der Waals surface area contributed by atoms with Crippen LogP contribution in [0, 0.1) is 6.92 Å². The summed E-state index contributed by atoms with van der Waals surface area (Å²) in [5.41, 5.74) is 7.84. The van der Waals surface area contributed by atoms with Crippen LogP contribution in [0.5, 0.6) is 0 Å². The van der Waals surface area contributed by atoms with E-state index >= 15 is 0 Å². The molecular formula is C16H15N. The summed E-state index contributed by atoms with van der Waals surface area (Å²) in [4.78, 5) is 4.45. The van der Waals surface area contributed by atoms with Gasteiger partial charge in [0.1, 0.15) is 0 Å². The first-order valence-electron chi connectivity index (χ1n) is 5.94. The number of benzene rings is 2. The van der Waals surface area contributed by atoms with Crippen LogP contribution in [0.3, 0.4) is 0 Å². The van der Waals surface area contributed by atoms with Gasteiger partial charge in [-0.3, -0.25) is 4.99 Å². The Bertz CT molecular complexity index is 609. The first-order chi connectivity index (χ1) is 8.29. The van der Waals surface area contributed by atoms with Gasteiger partial charge in [0.25, 0.3) is 0 Å². The van der Waals surface area contributed by atoms with Crippen LogP contribution in [0.2, 0.25) is 0 Å². The molecule has 0 amide bonds. The maximum absolute atomic E-state index is 4.45. The van der Waals surface area contributed by atoms with Crippen LogP contribution in [0.1, 0.15) is 16.7 Å². The molecule has 1 heteroatoms. The van der Waals surface area contributed by atoms with Gasteiger partial charge in [0.2, 0.25) is 0 Å². The number of rotatable bonds is 0. The Kier molecular flexibility index (Phi) is 2.32. The van der Waals surface area contributed by atoms with E-state index in [4.69, 9.17) is 0 Å². The van der Waals surface area contributed by atoms with Crippen LogP contribution in [0.25, 0.3) is 11.1 Å². The maximum atomic E-state index is 4.45. The van der Waals surface area contributed by atoms with E-state index in [9.17, 15) is 0 Å². The molecule has 0 heterocycles. The van der Waals surface area contributed by atoms with Crippen LogP contribution >= 0.6 is 0 Å². The minimum absolute atomic E-state index is 0.948. The lowest BCUT2D eigenvalue weighted by Gasteiger charge is -2.21. The highest BCUT2D eigenvalue weighted by atomic mass is 14.7. The summed E-state index contributed by atoms with van der Waals surface area (Å²) in [7, 11) is 1.88. The molecule has 0 atom stereocenters. The van der Waals surface area contributed by atoms with Gasteiger partial charge in [0.15, 0.2) is 0 Å². The van der Waals surface area contributed by atoms with Crippen molar-refractivity contribution in [2.24, 2.45) is 4.99 Å². The fourth-order valence-corrected chi connectivity index (χ4v) is 2.54. The van der Waals surface area contributed by atoms with Crippen molar-refractivity contribution in [3.8, 4) is 11.1 Å². The second-order valence-corrected chi connectivity index (χ2v) is 4.55. The van der Waals surface area contributed by atoms with Crippen molar-refractivity contribution in [2.45, 2.75) is 13.3 Å². The predicted molar refractivity (Wildman–Crippen MR) is 72.8 cm³/mol. The van der Waals surface area contributed by atoms with E-state index < -0.39 is 0 Å². The van der Waals surface area contributed by atoms with Gasteiger partial charge in [-0.25, -0.2) is 0 Å². The number of fused-ring (bicyclic) bond motifs is 3. The largest absolute Gasteiger partial charge is 0.292 e. The average Bonchev–Trinajstić information content (AvgIpc) is 2.37. The van der Waals surface area contributed by atoms with Gasteiger partial charge in [-0.05, 0) is 29.7 Å². The number of hydrogen-bond acceptors (Lipinski definition) is 1. The monoisotopic (exact) mass is 221 g/mol. The molecule has 3 rings (SSSR count). The molecule has 1 nitrogen and oxygen atoms in total. The molecule has 84 valence electrons. The summed E-state index contributed by atoms with van der Waals surface area (Å²) >= 11 is 0. The van der Waals surface area contributed by atoms with Crippen molar-refractivity contribution in [2.75, 3.05) is 7.05 Å². The Balaban J connectivity index is 2.33. The average molecular weight is 221 g/mol. The smallest absolute Gasteiger partial charge is 0.0467 e.